The van der Waals surface area contributed by atoms with E-state index in [1.807, 2.05) is 19.1 Å². The molecular weight excluding hydrogens is 463 g/mol. The van der Waals surface area contributed by atoms with Crippen LogP contribution in [0.3, 0.4) is 0 Å². The van der Waals surface area contributed by atoms with Crippen molar-refractivity contribution < 1.29 is 19.1 Å². The molecule has 0 bridgehead atoms. The zero-order valence-electron chi connectivity index (χ0n) is 17.3. The number of aromatic nitrogens is 1. The van der Waals surface area contributed by atoms with Crippen LogP contribution in [0.25, 0.3) is 16.0 Å². The molecule has 0 radical (unpaired) electrons. The summed E-state index contributed by atoms with van der Waals surface area (Å²) in [5.74, 6) is -2.35. The molecular formula is C25H16ClFN2O3S. The van der Waals surface area contributed by atoms with Gasteiger partial charge in [0.05, 0.1) is 21.8 Å². The van der Waals surface area contributed by atoms with E-state index in [0.717, 1.165) is 16.9 Å². The molecule has 0 saturated carbocycles. The van der Waals surface area contributed by atoms with Gasteiger partial charge in [-0.2, -0.15) is 0 Å². The Morgan fingerprint density at radius 3 is 2.45 bits per heavy atom. The fourth-order valence-corrected chi connectivity index (χ4v) is 4.99. The number of ketones is 1. The van der Waals surface area contributed by atoms with E-state index in [0.29, 0.717) is 26.4 Å². The molecule has 164 valence electrons. The van der Waals surface area contributed by atoms with Crippen molar-refractivity contribution in [3.63, 3.8) is 0 Å². The third-order valence-electron chi connectivity index (χ3n) is 5.50. The smallest absolute Gasteiger partial charge is 0.301 e. The van der Waals surface area contributed by atoms with Gasteiger partial charge in [0.2, 0.25) is 0 Å². The number of nitrogens with zero attached hydrogens (tertiary/aromatic N) is 2. The Morgan fingerprint density at radius 2 is 1.76 bits per heavy atom. The highest BCUT2D eigenvalue weighted by Crippen LogP contribution is 2.44. The number of hydrogen-bond donors (Lipinski definition) is 1. The van der Waals surface area contributed by atoms with Crippen molar-refractivity contribution in [1.82, 2.24) is 4.98 Å². The molecule has 0 spiro atoms. The monoisotopic (exact) mass is 478 g/mol. The molecule has 1 atom stereocenters. The molecule has 5 rings (SSSR count). The molecule has 0 aliphatic carbocycles. The lowest BCUT2D eigenvalue weighted by atomic mass is 9.95. The van der Waals surface area contributed by atoms with Crippen LogP contribution in [0.15, 0.2) is 72.3 Å². The molecule has 4 aromatic rings. The Kier molecular flexibility index (Phi) is 5.23. The summed E-state index contributed by atoms with van der Waals surface area (Å²) in [7, 11) is 0. The quantitative estimate of drug-likeness (QED) is 0.222. The lowest BCUT2D eigenvalue weighted by molar-refractivity contribution is -0.132. The van der Waals surface area contributed by atoms with E-state index in [2.05, 4.69) is 4.98 Å². The number of benzene rings is 3. The van der Waals surface area contributed by atoms with Crippen molar-refractivity contribution in [1.29, 1.82) is 0 Å². The molecule has 1 aliphatic heterocycles. The Morgan fingerprint density at radius 1 is 1.06 bits per heavy atom. The number of Topliss-reactive ketones (excluding diaryl/α,β-unsaturated/α-hetero) is 1. The third kappa shape index (κ3) is 3.69. The van der Waals surface area contributed by atoms with Crippen LogP contribution in [0.5, 0.6) is 0 Å². The molecule has 2 heterocycles. The fourth-order valence-electron chi connectivity index (χ4n) is 3.85. The second kappa shape index (κ2) is 8.10. The van der Waals surface area contributed by atoms with Crippen molar-refractivity contribution in [2.75, 3.05) is 4.90 Å². The number of hydrogen-bond acceptors (Lipinski definition) is 5. The second-order valence-corrected chi connectivity index (χ2v) is 9.14. The van der Waals surface area contributed by atoms with Gasteiger partial charge >= 0.3 is 5.91 Å². The SMILES string of the molecule is Cc1ccc([C@@H]2C(=C(O)c3ccc(Cl)cc3)C(=O)C(=O)N2c2nc3ccc(F)cc3s2)cc1. The first-order valence-electron chi connectivity index (χ1n) is 10.0. The Balaban J connectivity index is 1.73. The Hall–Kier alpha value is -3.55. The van der Waals surface area contributed by atoms with Crippen LogP contribution in [-0.2, 0) is 9.59 Å². The highest BCUT2D eigenvalue weighted by Gasteiger charge is 2.48. The Bertz CT molecular complexity index is 1450. The van der Waals surface area contributed by atoms with Gasteiger partial charge in [0.15, 0.2) is 5.13 Å². The van der Waals surface area contributed by atoms with E-state index in [4.69, 9.17) is 11.6 Å². The molecule has 33 heavy (non-hydrogen) atoms. The van der Waals surface area contributed by atoms with Gasteiger partial charge < -0.3 is 5.11 Å². The van der Waals surface area contributed by atoms with Gasteiger partial charge in [-0.05, 0) is 55.0 Å². The molecule has 1 amide bonds. The number of rotatable bonds is 3. The maximum absolute atomic E-state index is 13.7. The predicted octanol–water partition coefficient (Wildman–Crippen LogP) is 6.02. The predicted molar refractivity (Wildman–Crippen MR) is 127 cm³/mol. The van der Waals surface area contributed by atoms with Crippen molar-refractivity contribution in [3.8, 4) is 0 Å². The van der Waals surface area contributed by atoms with Crippen LogP contribution < -0.4 is 4.90 Å². The van der Waals surface area contributed by atoms with Gasteiger partial charge in [0, 0.05) is 10.6 Å². The van der Waals surface area contributed by atoms with Crippen LogP contribution >= 0.6 is 22.9 Å². The number of aryl methyl sites for hydroxylation is 1. The summed E-state index contributed by atoms with van der Waals surface area (Å²) >= 11 is 7.07. The van der Waals surface area contributed by atoms with E-state index >= 15 is 0 Å². The van der Waals surface area contributed by atoms with E-state index in [1.165, 1.54) is 23.1 Å². The number of halogens is 2. The molecule has 3 aromatic carbocycles. The van der Waals surface area contributed by atoms with Gasteiger partial charge in [-0.15, -0.1) is 0 Å². The van der Waals surface area contributed by atoms with Crippen LogP contribution in [-0.4, -0.2) is 21.8 Å². The minimum Gasteiger partial charge on any atom is -0.507 e. The van der Waals surface area contributed by atoms with Gasteiger partial charge in [-0.1, -0.05) is 52.8 Å². The van der Waals surface area contributed by atoms with Gasteiger partial charge in [0.25, 0.3) is 5.78 Å². The zero-order valence-corrected chi connectivity index (χ0v) is 18.8. The van der Waals surface area contributed by atoms with Crippen molar-refractivity contribution in [2.24, 2.45) is 0 Å². The van der Waals surface area contributed by atoms with Crippen LogP contribution in [0.1, 0.15) is 22.7 Å². The first-order chi connectivity index (χ1) is 15.8. The van der Waals surface area contributed by atoms with Crippen molar-refractivity contribution in [3.05, 3.63) is 99.8 Å². The summed E-state index contributed by atoms with van der Waals surface area (Å²) in [6, 6.07) is 16.9. The number of anilines is 1. The number of carbonyl (C=O) groups excluding carboxylic acids is 2. The summed E-state index contributed by atoms with van der Waals surface area (Å²) in [6.07, 6.45) is 0. The molecule has 1 fully saturated rings. The van der Waals surface area contributed by atoms with Gasteiger partial charge in [0.1, 0.15) is 11.6 Å². The Labute approximate surface area is 197 Å². The van der Waals surface area contributed by atoms with E-state index in [9.17, 15) is 19.1 Å². The van der Waals surface area contributed by atoms with E-state index < -0.39 is 23.5 Å². The van der Waals surface area contributed by atoms with E-state index in [-0.39, 0.29) is 16.5 Å². The zero-order chi connectivity index (χ0) is 23.3. The summed E-state index contributed by atoms with van der Waals surface area (Å²) in [6.45, 7) is 1.93. The molecule has 0 unspecified atom stereocenters. The first kappa shape index (κ1) is 21.3. The van der Waals surface area contributed by atoms with Gasteiger partial charge in [-0.3, -0.25) is 14.5 Å². The van der Waals surface area contributed by atoms with Crippen molar-refractivity contribution in [2.45, 2.75) is 13.0 Å². The number of aliphatic hydroxyl groups is 1. The minimum atomic E-state index is -0.897. The average molecular weight is 479 g/mol. The standard InChI is InChI=1S/C25H16ClFN2O3S/c1-13-2-4-14(5-3-13)21-20(22(30)15-6-8-16(26)9-7-15)23(31)24(32)29(21)25-28-18-11-10-17(27)12-19(18)33-25/h2-12,21,30H,1H3/t21-/m1/s1. The minimum absolute atomic E-state index is 0.0448. The third-order valence-corrected chi connectivity index (χ3v) is 6.77. The number of carbonyl (C=O) groups is 2. The fraction of sp³-hybridized carbons (Fsp3) is 0.0800. The number of fused-ring (bicyclic) bond motifs is 1. The second-order valence-electron chi connectivity index (χ2n) is 7.70. The number of thiazole rings is 1. The van der Waals surface area contributed by atoms with Crippen LogP contribution in [0.2, 0.25) is 5.02 Å². The molecule has 1 aliphatic rings. The highest BCUT2D eigenvalue weighted by atomic mass is 35.5. The lowest BCUT2D eigenvalue weighted by Gasteiger charge is -2.23. The number of aliphatic hydroxyl groups excluding tert-OH is 1. The molecule has 1 saturated heterocycles. The topological polar surface area (TPSA) is 70.5 Å². The maximum atomic E-state index is 13.7. The summed E-state index contributed by atoms with van der Waals surface area (Å²) in [4.78, 5) is 32.1. The largest absolute Gasteiger partial charge is 0.507 e. The summed E-state index contributed by atoms with van der Waals surface area (Å²) in [5.41, 5.74) is 2.47. The van der Waals surface area contributed by atoms with Crippen LogP contribution in [0.4, 0.5) is 9.52 Å². The molecule has 5 nitrogen and oxygen atoms in total. The lowest BCUT2D eigenvalue weighted by Crippen LogP contribution is -2.29. The maximum Gasteiger partial charge on any atom is 0.301 e. The van der Waals surface area contributed by atoms with Gasteiger partial charge in [-0.25, -0.2) is 9.37 Å². The first-order valence-corrected chi connectivity index (χ1v) is 11.2. The molecule has 1 aromatic heterocycles. The summed E-state index contributed by atoms with van der Waals surface area (Å²) in [5, 5.41) is 11.8. The van der Waals surface area contributed by atoms with E-state index in [1.54, 1.807) is 36.4 Å². The molecule has 8 heteroatoms. The van der Waals surface area contributed by atoms with Crippen molar-refractivity contribution >= 4 is 55.7 Å². The normalized spacial score (nSPS) is 17.8. The highest BCUT2D eigenvalue weighted by molar-refractivity contribution is 7.22. The summed E-state index contributed by atoms with van der Waals surface area (Å²) < 4.78 is 14.3. The number of amides is 1. The molecule has 1 N–H and O–H groups in total. The van der Waals surface area contributed by atoms with Crippen LogP contribution in [0, 0.1) is 12.7 Å². The average Bonchev–Trinajstić information content (AvgIpc) is 3.32.